The van der Waals surface area contributed by atoms with E-state index in [4.69, 9.17) is 0 Å². The van der Waals surface area contributed by atoms with Crippen molar-refractivity contribution >= 4 is 27.5 Å². The van der Waals surface area contributed by atoms with Crippen molar-refractivity contribution in [1.29, 1.82) is 0 Å². The van der Waals surface area contributed by atoms with Gasteiger partial charge in [0.05, 0.1) is 16.8 Å². The average Bonchev–Trinajstić information content (AvgIpc) is 3.52. The molecule has 1 aromatic heterocycles. The van der Waals surface area contributed by atoms with Crippen LogP contribution in [0.15, 0.2) is 5.16 Å². The van der Waals surface area contributed by atoms with Crippen molar-refractivity contribution in [3.05, 3.63) is 5.82 Å². The van der Waals surface area contributed by atoms with Crippen LogP contribution in [0.1, 0.15) is 63.7 Å². The Kier molecular flexibility index (Phi) is 4.79. The highest BCUT2D eigenvalue weighted by molar-refractivity contribution is 8.00. The number of amides is 1. The summed E-state index contributed by atoms with van der Waals surface area (Å²) in [6.45, 7) is 4.34. The molecule has 2 aliphatic carbocycles. The molecule has 1 aromatic rings. The SMILES string of the molecule is CCN(C(=O)[C@@H](C)Sc1nnc(C2CC2)n1C1CC1)[C@H]1CCS(=O)(=O)C1. The van der Waals surface area contributed by atoms with Gasteiger partial charge in [-0.3, -0.25) is 4.79 Å². The minimum absolute atomic E-state index is 0.00193. The van der Waals surface area contributed by atoms with Gasteiger partial charge in [0.2, 0.25) is 5.91 Å². The Morgan fingerprint density at radius 3 is 2.54 bits per heavy atom. The Morgan fingerprint density at radius 1 is 1.27 bits per heavy atom. The maximum atomic E-state index is 13.0. The first kappa shape index (κ1) is 18.3. The molecule has 2 atom stereocenters. The predicted molar refractivity (Wildman–Crippen MR) is 100 cm³/mol. The van der Waals surface area contributed by atoms with Gasteiger partial charge in [-0.2, -0.15) is 0 Å². The smallest absolute Gasteiger partial charge is 0.236 e. The standard InChI is InChI=1S/C17H26N4O3S2/c1-3-20(14-8-9-26(23,24)10-14)16(22)11(2)25-17-19-18-15(12-4-5-12)21(17)13-6-7-13/h11-14H,3-10H2,1-2H3/t11-,14+/m1/s1. The van der Waals surface area contributed by atoms with E-state index >= 15 is 0 Å². The van der Waals surface area contributed by atoms with Crippen LogP contribution in [-0.2, 0) is 14.6 Å². The summed E-state index contributed by atoms with van der Waals surface area (Å²) in [5.41, 5.74) is 0. The molecule has 2 heterocycles. The van der Waals surface area contributed by atoms with E-state index in [1.165, 1.54) is 24.6 Å². The van der Waals surface area contributed by atoms with Crippen LogP contribution in [0, 0.1) is 0 Å². The monoisotopic (exact) mass is 398 g/mol. The van der Waals surface area contributed by atoms with Crippen LogP contribution >= 0.6 is 11.8 Å². The number of rotatable bonds is 7. The summed E-state index contributed by atoms with van der Waals surface area (Å²) in [5, 5.41) is 9.32. The summed E-state index contributed by atoms with van der Waals surface area (Å²) in [4.78, 5) is 14.7. The number of nitrogens with zero attached hydrogens (tertiary/aromatic N) is 4. The molecule has 0 bridgehead atoms. The predicted octanol–water partition coefficient (Wildman–Crippen LogP) is 2.01. The Morgan fingerprint density at radius 2 is 2.00 bits per heavy atom. The van der Waals surface area contributed by atoms with Gasteiger partial charge in [-0.05, 0) is 46.0 Å². The summed E-state index contributed by atoms with van der Waals surface area (Å²) in [6.07, 6.45) is 5.24. The molecule has 1 aliphatic heterocycles. The third kappa shape index (κ3) is 3.65. The normalized spacial score (nSPS) is 26.0. The van der Waals surface area contributed by atoms with E-state index in [2.05, 4.69) is 14.8 Å². The van der Waals surface area contributed by atoms with E-state index in [1.54, 1.807) is 4.90 Å². The number of hydrogen-bond donors (Lipinski definition) is 0. The van der Waals surface area contributed by atoms with Crippen molar-refractivity contribution in [2.75, 3.05) is 18.1 Å². The highest BCUT2D eigenvalue weighted by atomic mass is 32.2. The van der Waals surface area contributed by atoms with Crippen LogP contribution in [-0.4, -0.2) is 63.3 Å². The summed E-state index contributed by atoms with van der Waals surface area (Å²) >= 11 is 1.46. The second-order valence-corrected chi connectivity index (χ2v) is 11.2. The van der Waals surface area contributed by atoms with E-state index in [0.717, 1.165) is 23.8 Å². The highest BCUT2D eigenvalue weighted by Gasteiger charge is 2.39. The molecule has 7 nitrogen and oxygen atoms in total. The molecule has 2 saturated carbocycles. The Balaban J connectivity index is 1.47. The van der Waals surface area contributed by atoms with Crippen molar-refractivity contribution in [2.45, 2.75) is 74.4 Å². The zero-order valence-corrected chi connectivity index (χ0v) is 16.9. The average molecular weight is 399 g/mol. The Bertz CT molecular complexity index is 799. The van der Waals surface area contributed by atoms with Crippen LogP contribution < -0.4 is 0 Å². The number of aromatic nitrogens is 3. The quantitative estimate of drug-likeness (QED) is 0.653. The highest BCUT2D eigenvalue weighted by Crippen LogP contribution is 2.46. The second kappa shape index (κ2) is 6.82. The first-order valence-electron chi connectivity index (χ1n) is 9.52. The molecule has 3 aliphatic rings. The van der Waals surface area contributed by atoms with E-state index in [1.807, 2.05) is 13.8 Å². The van der Waals surface area contributed by atoms with Crippen LogP contribution in [0.4, 0.5) is 0 Å². The molecule has 0 spiro atoms. The lowest BCUT2D eigenvalue weighted by Gasteiger charge is -2.29. The fraction of sp³-hybridized carbons (Fsp3) is 0.824. The molecule has 0 radical (unpaired) electrons. The van der Waals surface area contributed by atoms with Gasteiger partial charge in [0.15, 0.2) is 15.0 Å². The Labute approximate surface area is 158 Å². The molecule has 1 amide bonds. The molecule has 144 valence electrons. The van der Waals surface area contributed by atoms with Crippen molar-refractivity contribution in [3.8, 4) is 0 Å². The van der Waals surface area contributed by atoms with Gasteiger partial charge < -0.3 is 9.47 Å². The van der Waals surface area contributed by atoms with Crippen molar-refractivity contribution in [1.82, 2.24) is 19.7 Å². The fourth-order valence-electron chi connectivity index (χ4n) is 3.72. The van der Waals surface area contributed by atoms with Gasteiger partial charge in [0, 0.05) is 24.5 Å². The number of sulfone groups is 1. The third-order valence-corrected chi connectivity index (χ3v) is 8.24. The molecule has 4 rings (SSSR count). The lowest BCUT2D eigenvalue weighted by molar-refractivity contribution is -0.131. The third-order valence-electron chi connectivity index (χ3n) is 5.45. The molecule has 9 heteroatoms. The van der Waals surface area contributed by atoms with E-state index in [-0.39, 0.29) is 28.7 Å². The molecule has 0 N–H and O–H groups in total. The first-order valence-corrected chi connectivity index (χ1v) is 12.2. The Hall–Kier alpha value is -1.09. The molecule has 1 saturated heterocycles. The molecular formula is C17H26N4O3S2. The lowest BCUT2D eigenvalue weighted by atomic mass is 10.2. The molecule has 26 heavy (non-hydrogen) atoms. The topological polar surface area (TPSA) is 85.2 Å². The van der Waals surface area contributed by atoms with Crippen LogP contribution in [0.5, 0.6) is 0 Å². The molecular weight excluding hydrogens is 372 g/mol. The summed E-state index contributed by atoms with van der Waals surface area (Å²) in [6, 6.07) is 0.302. The number of thioether (sulfide) groups is 1. The molecule has 0 aromatic carbocycles. The van der Waals surface area contributed by atoms with Gasteiger partial charge in [0.25, 0.3) is 0 Å². The van der Waals surface area contributed by atoms with Crippen LogP contribution in [0.2, 0.25) is 0 Å². The van der Waals surface area contributed by atoms with Gasteiger partial charge in [0.1, 0.15) is 5.82 Å². The van der Waals surface area contributed by atoms with Crippen molar-refractivity contribution < 1.29 is 13.2 Å². The minimum atomic E-state index is -3.00. The van der Waals surface area contributed by atoms with E-state index in [9.17, 15) is 13.2 Å². The van der Waals surface area contributed by atoms with Gasteiger partial charge in [-0.1, -0.05) is 11.8 Å². The number of hydrogen-bond acceptors (Lipinski definition) is 6. The summed E-state index contributed by atoms with van der Waals surface area (Å²) in [7, 11) is -3.00. The zero-order chi connectivity index (χ0) is 18.5. The largest absolute Gasteiger partial charge is 0.338 e. The summed E-state index contributed by atoms with van der Waals surface area (Å²) in [5.74, 6) is 1.90. The van der Waals surface area contributed by atoms with Crippen molar-refractivity contribution in [3.63, 3.8) is 0 Å². The van der Waals surface area contributed by atoms with Gasteiger partial charge in [-0.25, -0.2) is 8.42 Å². The molecule has 0 unspecified atom stereocenters. The summed E-state index contributed by atoms with van der Waals surface area (Å²) < 4.78 is 25.8. The van der Waals surface area contributed by atoms with Crippen LogP contribution in [0.25, 0.3) is 0 Å². The van der Waals surface area contributed by atoms with E-state index in [0.29, 0.717) is 24.9 Å². The second-order valence-electron chi connectivity index (χ2n) is 7.66. The first-order chi connectivity index (χ1) is 12.4. The van der Waals surface area contributed by atoms with Gasteiger partial charge >= 0.3 is 0 Å². The maximum absolute atomic E-state index is 13.0. The lowest BCUT2D eigenvalue weighted by Crippen LogP contribution is -2.44. The van der Waals surface area contributed by atoms with E-state index < -0.39 is 9.84 Å². The zero-order valence-electron chi connectivity index (χ0n) is 15.3. The molecule has 3 fully saturated rings. The number of carbonyl (C=O) groups is 1. The van der Waals surface area contributed by atoms with Gasteiger partial charge in [-0.15, -0.1) is 10.2 Å². The van der Waals surface area contributed by atoms with Crippen molar-refractivity contribution in [2.24, 2.45) is 0 Å². The minimum Gasteiger partial charge on any atom is -0.338 e. The fourth-order valence-corrected chi connectivity index (χ4v) is 6.45. The van der Waals surface area contributed by atoms with Crippen LogP contribution in [0.3, 0.4) is 0 Å². The maximum Gasteiger partial charge on any atom is 0.236 e. The number of carbonyl (C=O) groups excluding carboxylic acids is 1.